The molecule has 1 aliphatic rings. The maximum Gasteiger partial charge on any atom is 0.0534 e. The van der Waals surface area contributed by atoms with Crippen LogP contribution in [0.25, 0.3) is 0 Å². The van der Waals surface area contributed by atoms with Gasteiger partial charge in [0.05, 0.1) is 6.20 Å². The molecule has 0 radical (unpaired) electrons. The molecule has 1 aliphatic heterocycles. The van der Waals surface area contributed by atoms with E-state index in [4.69, 9.17) is 0 Å². The fraction of sp³-hybridized carbons (Fsp3) is 0.550. The molecule has 2 heterocycles. The number of piperidine rings is 1. The molecule has 0 amide bonds. The van der Waals surface area contributed by atoms with Crippen LogP contribution in [0.2, 0.25) is 0 Å². The number of aryl methyl sites for hydroxylation is 1. The Hall–Kier alpha value is -1.65. The van der Waals surface area contributed by atoms with Gasteiger partial charge in [-0.05, 0) is 45.3 Å². The van der Waals surface area contributed by atoms with Crippen molar-refractivity contribution < 1.29 is 0 Å². The minimum atomic E-state index is 0.670. The molecule has 4 nitrogen and oxygen atoms in total. The third-order valence-electron chi connectivity index (χ3n) is 5.12. The number of nitrogens with zero attached hydrogens (tertiary/aromatic N) is 4. The predicted octanol–water partition coefficient (Wildman–Crippen LogP) is 3.04. The summed E-state index contributed by atoms with van der Waals surface area (Å²) in [7, 11) is 2.28. The molecule has 130 valence electrons. The van der Waals surface area contributed by atoms with E-state index in [0.29, 0.717) is 6.04 Å². The van der Waals surface area contributed by atoms with Gasteiger partial charge in [-0.1, -0.05) is 30.3 Å². The van der Waals surface area contributed by atoms with Crippen LogP contribution in [-0.4, -0.2) is 52.3 Å². The highest BCUT2D eigenvalue weighted by atomic mass is 15.3. The normalized spacial score (nSPS) is 19.0. The van der Waals surface area contributed by atoms with E-state index >= 15 is 0 Å². The zero-order valence-corrected chi connectivity index (χ0v) is 15.1. The molecule has 1 aromatic carbocycles. The molecule has 0 aliphatic carbocycles. The molecule has 0 bridgehead atoms. The van der Waals surface area contributed by atoms with E-state index in [1.165, 1.54) is 37.1 Å². The van der Waals surface area contributed by atoms with Gasteiger partial charge in [-0.3, -0.25) is 9.58 Å². The van der Waals surface area contributed by atoms with Crippen molar-refractivity contribution in [3.05, 3.63) is 53.9 Å². The van der Waals surface area contributed by atoms with Crippen LogP contribution in [0.4, 0.5) is 0 Å². The van der Waals surface area contributed by atoms with Crippen molar-refractivity contribution >= 4 is 0 Å². The summed E-state index contributed by atoms with van der Waals surface area (Å²) in [6.07, 6.45) is 7.95. The highest BCUT2D eigenvalue weighted by Crippen LogP contribution is 2.17. The van der Waals surface area contributed by atoms with E-state index in [9.17, 15) is 0 Å². The molecule has 2 aromatic rings. The third-order valence-corrected chi connectivity index (χ3v) is 5.12. The van der Waals surface area contributed by atoms with Crippen LogP contribution >= 0.6 is 0 Å². The summed E-state index contributed by atoms with van der Waals surface area (Å²) < 4.78 is 2.02. The first-order valence-corrected chi connectivity index (χ1v) is 9.22. The lowest BCUT2D eigenvalue weighted by Gasteiger charge is -2.37. The molecule has 24 heavy (non-hydrogen) atoms. The number of likely N-dealkylation sites (tertiary alicyclic amines) is 1. The average molecular weight is 326 g/mol. The van der Waals surface area contributed by atoms with Gasteiger partial charge in [0.25, 0.3) is 0 Å². The second kappa shape index (κ2) is 8.45. The first-order chi connectivity index (χ1) is 11.7. The number of benzene rings is 1. The smallest absolute Gasteiger partial charge is 0.0534 e. The number of hydrogen-bond acceptors (Lipinski definition) is 3. The zero-order valence-electron chi connectivity index (χ0n) is 15.1. The Morgan fingerprint density at radius 3 is 2.79 bits per heavy atom. The lowest BCUT2D eigenvalue weighted by molar-refractivity contribution is 0.112. The fourth-order valence-electron chi connectivity index (χ4n) is 3.59. The minimum absolute atomic E-state index is 0.670. The Morgan fingerprint density at radius 2 is 2.04 bits per heavy atom. The summed E-state index contributed by atoms with van der Waals surface area (Å²) in [5.41, 5.74) is 2.77. The Kier molecular flexibility index (Phi) is 6.05. The van der Waals surface area contributed by atoms with Gasteiger partial charge < -0.3 is 4.90 Å². The molecule has 3 rings (SSSR count). The number of hydrogen-bond donors (Lipinski definition) is 0. The van der Waals surface area contributed by atoms with Gasteiger partial charge in [-0.25, -0.2) is 0 Å². The van der Waals surface area contributed by atoms with Gasteiger partial charge in [-0.15, -0.1) is 0 Å². The number of likely N-dealkylation sites (N-methyl/N-ethyl adjacent to an activating group) is 1. The summed E-state index contributed by atoms with van der Waals surface area (Å²) in [4.78, 5) is 5.14. The summed E-state index contributed by atoms with van der Waals surface area (Å²) in [5.74, 6) is 0. The first kappa shape index (κ1) is 17.2. The highest BCUT2D eigenvalue weighted by Gasteiger charge is 2.23. The molecular weight excluding hydrogens is 296 g/mol. The molecule has 1 aromatic heterocycles. The quantitative estimate of drug-likeness (QED) is 0.781. The van der Waals surface area contributed by atoms with Gasteiger partial charge in [-0.2, -0.15) is 5.10 Å². The molecule has 1 atom stereocenters. The van der Waals surface area contributed by atoms with Gasteiger partial charge >= 0.3 is 0 Å². The maximum atomic E-state index is 4.40. The standard InChI is InChI=1S/C20H30N4/c1-3-24-16-19(14-21-24)15-23-12-7-10-20(17-23)22(2)13-11-18-8-5-4-6-9-18/h4-6,8-9,14,16,20H,3,7,10-13,15,17H2,1-2H3. The van der Waals surface area contributed by atoms with Gasteiger partial charge in [0.1, 0.15) is 0 Å². The number of aromatic nitrogens is 2. The fourth-order valence-corrected chi connectivity index (χ4v) is 3.59. The summed E-state index contributed by atoms with van der Waals surface area (Å²) >= 11 is 0. The van der Waals surface area contributed by atoms with Crippen molar-refractivity contribution in [2.45, 2.75) is 45.3 Å². The lowest BCUT2D eigenvalue weighted by Crippen LogP contribution is -2.46. The van der Waals surface area contributed by atoms with Crippen LogP contribution in [0.1, 0.15) is 30.9 Å². The lowest BCUT2D eigenvalue weighted by atomic mass is 10.0. The molecular formula is C20H30N4. The SMILES string of the molecule is CCn1cc(CN2CCCC(N(C)CCc3ccccc3)C2)cn1. The van der Waals surface area contributed by atoms with E-state index in [0.717, 1.165) is 26.1 Å². The summed E-state index contributed by atoms with van der Waals surface area (Å²) in [6.45, 7) is 7.63. The van der Waals surface area contributed by atoms with Crippen LogP contribution in [0.15, 0.2) is 42.7 Å². The topological polar surface area (TPSA) is 24.3 Å². The Balaban J connectivity index is 1.49. The van der Waals surface area contributed by atoms with Gasteiger partial charge in [0.2, 0.25) is 0 Å². The van der Waals surface area contributed by atoms with Crippen LogP contribution < -0.4 is 0 Å². The molecule has 1 saturated heterocycles. The maximum absolute atomic E-state index is 4.40. The Morgan fingerprint density at radius 1 is 1.21 bits per heavy atom. The van der Waals surface area contributed by atoms with Crippen molar-refractivity contribution in [3.8, 4) is 0 Å². The van der Waals surface area contributed by atoms with Gasteiger partial charge in [0.15, 0.2) is 0 Å². The van der Waals surface area contributed by atoms with Crippen LogP contribution in [0, 0.1) is 0 Å². The number of rotatable bonds is 7. The molecule has 0 spiro atoms. The monoisotopic (exact) mass is 326 g/mol. The molecule has 1 fully saturated rings. The minimum Gasteiger partial charge on any atom is -0.302 e. The van der Waals surface area contributed by atoms with E-state index in [1.54, 1.807) is 0 Å². The predicted molar refractivity (Wildman–Crippen MR) is 99.0 cm³/mol. The van der Waals surface area contributed by atoms with Crippen LogP contribution in [0.3, 0.4) is 0 Å². The van der Waals surface area contributed by atoms with Crippen LogP contribution in [-0.2, 0) is 19.5 Å². The van der Waals surface area contributed by atoms with Crippen molar-refractivity contribution in [3.63, 3.8) is 0 Å². The van der Waals surface area contributed by atoms with E-state index in [-0.39, 0.29) is 0 Å². The Bertz CT molecular complexity index is 607. The zero-order chi connectivity index (χ0) is 16.8. The molecule has 4 heteroatoms. The summed E-state index contributed by atoms with van der Waals surface area (Å²) in [6, 6.07) is 11.5. The molecule has 0 N–H and O–H groups in total. The van der Waals surface area contributed by atoms with Gasteiger partial charge in [0, 0.05) is 44.0 Å². The molecule has 0 saturated carbocycles. The third kappa shape index (κ3) is 4.68. The second-order valence-electron chi connectivity index (χ2n) is 6.95. The molecule has 1 unspecified atom stereocenters. The Labute approximate surface area is 146 Å². The van der Waals surface area contributed by atoms with Crippen LogP contribution in [0.5, 0.6) is 0 Å². The van der Waals surface area contributed by atoms with Crippen molar-refractivity contribution in [2.75, 3.05) is 26.7 Å². The first-order valence-electron chi connectivity index (χ1n) is 9.22. The second-order valence-corrected chi connectivity index (χ2v) is 6.95. The highest BCUT2D eigenvalue weighted by molar-refractivity contribution is 5.14. The largest absolute Gasteiger partial charge is 0.302 e. The van der Waals surface area contributed by atoms with E-state index in [2.05, 4.69) is 65.4 Å². The van der Waals surface area contributed by atoms with E-state index < -0.39 is 0 Å². The van der Waals surface area contributed by atoms with Crippen molar-refractivity contribution in [2.24, 2.45) is 0 Å². The van der Waals surface area contributed by atoms with Crippen molar-refractivity contribution in [1.29, 1.82) is 0 Å². The summed E-state index contributed by atoms with van der Waals surface area (Å²) in [5, 5.41) is 4.40. The van der Waals surface area contributed by atoms with E-state index in [1.807, 2.05) is 10.9 Å². The average Bonchev–Trinajstić information content (AvgIpc) is 3.08. The van der Waals surface area contributed by atoms with Crippen molar-refractivity contribution in [1.82, 2.24) is 19.6 Å².